The highest BCUT2D eigenvalue weighted by Gasteiger charge is 2.31. The molecule has 7 nitrogen and oxygen atoms in total. The van der Waals surface area contributed by atoms with Crippen molar-refractivity contribution in [2.24, 2.45) is 0 Å². The summed E-state index contributed by atoms with van der Waals surface area (Å²) in [5.41, 5.74) is 6.92. The lowest BCUT2D eigenvalue weighted by atomic mass is 10.0. The maximum Gasteiger partial charge on any atom is 0.416 e. The number of nitrogen functional groups attached to an aromatic ring is 1. The minimum Gasteiger partial charge on any atom is -0.399 e. The first-order chi connectivity index (χ1) is 13.8. The molecule has 0 saturated heterocycles. The van der Waals surface area contributed by atoms with Gasteiger partial charge in [0.25, 0.3) is 0 Å². The van der Waals surface area contributed by atoms with Gasteiger partial charge in [0, 0.05) is 24.6 Å². The van der Waals surface area contributed by atoms with E-state index in [4.69, 9.17) is 5.73 Å². The summed E-state index contributed by atoms with van der Waals surface area (Å²) in [6.07, 6.45) is 1.66. The first-order valence-corrected chi connectivity index (χ1v) is 9.17. The highest BCUT2D eigenvalue weighted by molar-refractivity contribution is 5.68. The van der Waals surface area contributed by atoms with Crippen molar-refractivity contribution in [3.05, 3.63) is 53.6 Å². The van der Waals surface area contributed by atoms with E-state index in [-0.39, 0.29) is 5.69 Å². The van der Waals surface area contributed by atoms with Crippen molar-refractivity contribution in [2.75, 3.05) is 24.1 Å². The van der Waals surface area contributed by atoms with Crippen LogP contribution in [0, 0.1) is 0 Å². The average Bonchev–Trinajstić information content (AvgIpc) is 3.13. The fraction of sp³-hybridized carbons (Fsp3) is 0.316. The topological polar surface area (TPSA) is 93.2 Å². The van der Waals surface area contributed by atoms with E-state index in [1.54, 1.807) is 23.8 Å². The monoisotopic (exact) mass is 403 g/mol. The van der Waals surface area contributed by atoms with Crippen LogP contribution in [0.15, 0.2) is 36.7 Å². The highest BCUT2D eigenvalue weighted by Crippen LogP contribution is 2.33. The van der Waals surface area contributed by atoms with Gasteiger partial charge < -0.3 is 16.4 Å². The molecular weight excluding hydrogens is 383 g/mol. The van der Waals surface area contributed by atoms with Gasteiger partial charge in [-0.3, -0.25) is 0 Å². The number of nitrogens with one attached hydrogen (secondary N) is 2. The smallest absolute Gasteiger partial charge is 0.399 e. The zero-order chi connectivity index (χ0) is 20.6. The molecule has 0 unspecified atom stereocenters. The molecule has 3 heterocycles. The second-order valence-corrected chi connectivity index (χ2v) is 6.92. The Morgan fingerprint density at radius 1 is 1.28 bits per heavy atom. The van der Waals surface area contributed by atoms with Gasteiger partial charge in [-0.05, 0) is 49.2 Å². The lowest BCUT2D eigenvalue weighted by molar-refractivity contribution is -0.137. The minimum absolute atomic E-state index is 0.0530. The van der Waals surface area contributed by atoms with E-state index in [2.05, 4.69) is 25.7 Å². The van der Waals surface area contributed by atoms with Crippen LogP contribution in [0.25, 0.3) is 11.2 Å². The summed E-state index contributed by atoms with van der Waals surface area (Å²) in [7, 11) is 0. The summed E-state index contributed by atoms with van der Waals surface area (Å²) in [5, 5.41) is 10.9. The maximum absolute atomic E-state index is 13.1. The largest absolute Gasteiger partial charge is 0.416 e. The number of nitrogens with two attached hydrogens (primary N) is 1. The molecule has 0 spiro atoms. The third-order valence-corrected chi connectivity index (χ3v) is 4.76. The summed E-state index contributed by atoms with van der Waals surface area (Å²) in [6, 6.07) is 3.05. The second-order valence-electron chi connectivity index (χ2n) is 6.92. The quantitative estimate of drug-likeness (QED) is 0.579. The lowest BCUT2D eigenvalue weighted by Crippen LogP contribution is -2.20. The van der Waals surface area contributed by atoms with Gasteiger partial charge in [-0.2, -0.15) is 13.2 Å². The van der Waals surface area contributed by atoms with E-state index in [1.807, 2.05) is 6.08 Å². The van der Waals surface area contributed by atoms with Crippen LogP contribution in [-0.2, 0) is 6.18 Å². The molecule has 2 aromatic heterocycles. The van der Waals surface area contributed by atoms with Crippen LogP contribution in [0.4, 0.5) is 24.7 Å². The summed E-state index contributed by atoms with van der Waals surface area (Å²) in [5.74, 6) is 1.06. The number of hydrogen-bond donors (Lipinski definition) is 3. The van der Waals surface area contributed by atoms with Crippen LogP contribution >= 0.6 is 0 Å². The molecule has 4 rings (SSSR count). The molecule has 0 aliphatic carbocycles. The van der Waals surface area contributed by atoms with Gasteiger partial charge in [0.15, 0.2) is 17.3 Å². The first kappa shape index (κ1) is 19.2. The van der Waals surface area contributed by atoms with Gasteiger partial charge in [-0.15, -0.1) is 5.10 Å². The van der Waals surface area contributed by atoms with E-state index >= 15 is 0 Å². The fourth-order valence-corrected chi connectivity index (χ4v) is 3.26. The van der Waals surface area contributed by atoms with Gasteiger partial charge in [-0.25, -0.2) is 14.5 Å². The number of benzene rings is 1. The molecule has 0 radical (unpaired) electrons. The SMILES string of the molecule is C[C@@H](Nc1nccn2nc(C3=CCNCC3)nc12)c1cc(N)cc(C(F)(F)F)c1. The van der Waals surface area contributed by atoms with E-state index in [0.717, 1.165) is 37.2 Å². The molecule has 0 saturated carbocycles. The number of alkyl halides is 3. The molecule has 0 amide bonds. The summed E-state index contributed by atoms with van der Waals surface area (Å²) >= 11 is 0. The zero-order valence-corrected chi connectivity index (χ0v) is 15.7. The van der Waals surface area contributed by atoms with Gasteiger partial charge in [-0.1, -0.05) is 6.08 Å². The summed E-state index contributed by atoms with van der Waals surface area (Å²) in [6.45, 7) is 3.37. The number of anilines is 2. The third kappa shape index (κ3) is 4.02. The van der Waals surface area contributed by atoms with Crippen molar-refractivity contribution in [3.8, 4) is 0 Å². The van der Waals surface area contributed by atoms with Crippen molar-refractivity contribution < 1.29 is 13.2 Å². The molecule has 29 heavy (non-hydrogen) atoms. The Morgan fingerprint density at radius 3 is 2.83 bits per heavy atom. The Balaban J connectivity index is 1.65. The molecule has 1 aromatic carbocycles. The van der Waals surface area contributed by atoms with Crippen LogP contribution in [0.2, 0.25) is 0 Å². The molecular formula is C19H20F3N7. The van der Waals surface area contributed by atoms with Gasteiger partial charge >= 0.3 is 6.18 Å². The fourth-order valence-electron chi connectivity index (χ4n) is 3.26. The lowest BCUT2D eigenvalue weighted by Gasteiger charge is -2.17. The number of aromatic nitrogens is 4. The number of hydrogen-bond acceptors (Lipinski definition) is 6. The Labute approximate surface area is 164 Å². The normalized spacial score (nSPS) is 15.9. The number of nitrogens with zero attached hydrogens (tertiary/aromatic N) is 4. The van der Waals surface area contributed by atoms with Crippen molar-refractivity contribution >= 4 is 22.7 Å². The van der Waals surface area contributed by atoms with E-state index in [0.29, 0.717) is 22.9 Å². The van der Waals surface area contributed by atoms with Crippen molar-refractivity contribution in [1.29, 1.82) is 0 Å². The van der Waals surface area contributed by atoms with Crippen LogP contribution in [-0.4, -0.2) is 32.7 Å². The molecule has 0 bridgehead atoms. The van der Waals surface area contributed by atoms with Crippen LogP contribution in [0.3, 0.4) is 0 Å². The van der Waals surface area contributed by atoms with Crippen molar-refractivity contribution in [3.63, 3.8) is 0 Å². The third-order valence-electron chi connectivity index (χ3n) is 4.76. The Morgan fingerprint density at radius 2 is 2.10 bits per heavy atom. The first-order valence-electron chi connectivity index (χ1n) is 9.17. The number of rotatable bonds is 4. The Hall–Kier alpha value is -3.14. The average molecular weight is 403 g/mol. The van der Waals surface area contributed by atoms with Crippen LogP contribution < -0.4 is 16.4 Å². The molecule has 4 N–H and O–H groups in total. The Kier molecular flexibility index (Phi) is 4.87. The van der Waals surface area contributed by atoms with E-state index in [9.17, 15) is 13.2 Å². The van der Waals surface area contributed by atoms with E-state index in [1.165, 1.54) is 6.07 Å². The molecule has 3 aromatic rings. The van der Waals surface area contributed by atoms with Crippen molar-refractivity contribution in [2.45, 2.75) is 25.6 Å². The predicted molar refractivity (Wildman–Crippen MR) is 104 cm³/mol. The van der Waals surface area contributed by atoms with E-state index < -0.39 is 17.8 Å². The molecule has 1 atom stereocenters. The van der Waals surface area contributed by atoms with Crippen LogP contribution in [0.1, 0.15) is 36.3 Å². The highest BCUT2D eigenvalue weighted by atomic mass is 19.4. The molecule has 1 aliphatic heterocycles. The predicted octanol–water partition coefficient (Wildman–Crippen LogP) is 3.28. The zero-order valence-electron chi connectivity index (χ0n) is 15.7. The minimum atomic E-state index is -4.47. The standard InChI is InChI=1S/C19H20F3N7/c1-11(13-8-14(19(20,21)22)10-15(23)9-13)26-17-18-27-16(12-2-4-24-5-3-12)28-29(18)7-6-25-17/h2,6-11,24H,3-5,23H2,1H3,(H,25,26)/t11-/m1/s1. The molecule has 1 aliphatic rings. The maximum atomic E-state index is 13.1. The van der Waals surface area contributed by atoms with Gasteiger partial charge in [0.1, 0.15) is 0 Å². The van der Waals surface area contributed by atoms with Crippen LogP contribution in [0.5, 0.6) is 0 Å². The van der Waals surface area contributed by atoms with Crippen molar-refractivity contribution in [1.82, 2.24) is 24.9 Å². The molecule has 0 fully saturated rings. The Bertz CT molecular complexity index is 1070. The number of halogens is 3. The molecule has 152 valence electrons. The van der Waals surface area contributed by atoms with Gasteiger partial charge in [0.2, 0.25) is 0 Å². The molecule has 10 heteroatoms. The summed E-state index contributed by atoms with van der Waals surface area (Å²) < 4.78 is 40.9. The second kappa shape index (κ2) is 7.36. The number of fused-ring (bicyclic) bond motifs is 1. The summed E-state index contributed by atoms with van der Waals surface area (Å²) in [4.78, 5) is 8.89. The van der Waals surface area contributed by atoms with Gasteiger partial charge in [0.05, 0.1) is 11.6 Å².